The Labute approximate surface area is 192 Å². The molecule has 4 fully saturated rings. The van der Waals surface area contributed by atoms with E-state index in [0.717, 1.165) is 19.3 Å². The maximum atomic E-state index is 13.9. The van der Waals surface area contributed by atoms with E-state index in [-0.39, 0.29) is 40.9 Å². The number of aromatic nitrogens is 2. The standard InChI is InChI=1S/C23H32FN5O4/c1-22(2,20(31)26-3)4-5-29-17(11-24)16(12-27-29)19(30)28-18-14-6-13-7-15(18)10-23(8-13,9-14)33-21(25)32/h4-5,12-15,18H,6-11H2,1-3H3,(H2,25,32)(H,26,31)(H,28,30)/b5-4+/t13?,14?,15?,18-,23-. The molecule has 4 aliphatic carbocycles. The van der Waals surface area contributed by atoms with Crippen molar-refractivity contribution in [3.05, 3.63) is 23.5 Å². The third-order valence-corrected chi connectivity index (χ3v) is 7.55. The maximum absolute atomic E-state index is 13.9. The number of hydrogen-bond acceptors (Lipinski definition) is 5. The van der Waals surface area contributed by atoms with Crippen LogP contribution in [0.15, 0.2) is 12.3 Å². The van der Waals surface area contributed by atoms with Gasteiger partial charge < -0.3 is 21.1 Å². The van der Waals surface area contributed by atoms with Crippen molar-refractivity contribution in [2.75, 3.05) is 7.05 Å². The van der Waals surface area contributed by atoms with Crippen LogP contribution in [-0.2, 0) is 16.2 Å². The Hall–Kier alpha value is -2.91. The van der Waals surface area contributed by atoms with Gasteiger partial charge in [-0.3, -0.25) is 9.59 Å². The highest BCUT2D eigenvalue weighted by Gasteiger charge is 2.57. The lowest BCUT2D eigenvalue weighted by atomic mass is 9.52. The summed E-state index contributed by atoms with van der Waals surface area (Å²) >= 11 is 0. The van der Waals surface area contributed by atoms with Crippen molar-refractivity contribution < 1.29 is 23.5 Å². The number of hydrogen-bond donors (Lipinski definition) is 3. The molecule has 1 aromatic rings. The number of alkyl halides is 1. The maximum Gasteiger partial charge on any atom is 0.405 e. The van der Waals surface area contributed by atoms with Crippen molar-refractivity contribution in [1.29, 1.82) is 0 Å². The second-order valence-corrected chi connectivity index (χ2v) is 10.3. The summed E-state index contributed by atoms with van der Waals surface area (Å²) in [7, 11) is 1.55. The van der Waals surface area contributed by atoms with Gasteiger partial charge in [-0.1, -0.05) is 6.08 Å². The first kappa shape index (κ1) is 23.3. The lowest BCUT2D eigenvalue weighted by Gasteiger charge is -2.58. The molecule has 1 heterocycles. The van der Waals surface area contributed by atoms with Crippen LogP contribution >= 0.6 is 0 Å². The molecule has 180 valence electrons. The van der Waals surface area contributed by atoms with Crippen molar-refractivity contribution in [2.45, 2.75) is 64.3 Å². The number of ether oxygens (including phenoxy) is 1. The molecule has 0 spiro atoms. The van der Waals surface area contributed by atoms with Gasteiger partial charge in [0, 0.05) is 19.3 Å². The predicted molar refractivity (Wildman–Crippen MR) is 118 cm³/mol. The number of carbonyl (C=O) groups excluding carboxylic acids is 3. The summed E-state index contributed by atoms with van der Waals surface area (Å²) in [6.45, 7) is 2.59. The van der Waals surface area contributed by atoms with Gasteiger partial charge in [-0.15, -0.1) is 0 Å². The summed E-state index contributed by atoms with van der Waals surface area (Å²) < 4.78 is 20.7. The molecule has 4 bridgehead atoms. The molecule has 2 unspecified atom stereocenters. The molecular weight excluding hydrogens is 429 g/mol. The van der Waals surface area contributed by atoms with Crippen molar-refractivity contribution in [1.82, 2.24) is 20.4 Å². The van der Waals surface area contributed by atoms with Gasteiger partial charge in [-0.05, 0) is 63.7 Å². The fraction of sp³-hybridized carbons (Fsp3) is 0.652. The van der Waals surface area contributed by atoms with Crippen LogP contribution in [0.1, 0.15) is 62.0 Å². The fourth-order valence-corrected chi connectivity index (χ4v) is 6.25. The second-order valence-electron chi connectivity index (χ2n) is 10.3. The Kier molecular flexibility index (Phi) is 5.96. The number of carbonyl (C=O) groups is 3. The molecule has 1 aromatic heterocycles. The molecule has 4 N–H and O–H groups in total. The summed E-state index contributed by atoms with van der Waals surface area (Å²) in [4.78, 5) is 36.5. The third-order valence-electron chi connectivity index (χ3n) is 7.55. The van der Waals surface area contributed by atoms with Crippen LogP contribution < -0.4 is 16.4 Å². The number of primary amides is 1. The number of nitrogens with zero attached hydrogens (tertiary/aromatic N) is 2. The van der Waals surface area contributed by atoms with E-state index >= 15 is 0 Å². The molecule has 0 aliphatic heterocycles. The van der Waals surface area contributed by atoms with Gasteiger partial charge in [-0.2, -0.15) is 5.10 Å². The topological polar surface area (TPSA) is 128 Å². The van der Waals surface area contributed by atoms with Gasteiger partial charge in [0.05, 0.1) is 22.9 Å². The number of amides is 3. The van der Waals surface area contributed by atoms with Crippen LogP contribution in [0.5, 0.6) is 0 Å². The molecule has 9 nitrogen and oxygen atoms in total. The summed E-state index contributed by atoms with van der Waals surface area (Å²) in [5.41, 5.74) is 4.29. The molecule has 33 heavy (non-hydrogen) atoms. The monoisotopic (exact) mass is 461 g/mol. The molecule has 4 saturated carbocycles. The van der Waals surface area contributed by atoms with Gasteiger partial charge in [-0.25, -0.2) is 13.9 Å². The van der Waals surface area contributed by atoms with E-state index < -0.39 is 23.8 Å². The number of halogens is 1. The zero-order valence-corrected chi connectivity index (χ0v) is 19.3. The quantitative estimate of drug-likeness (QED) is 0.574. The van der Waals surface area contributed by atoms with Gasteiger partial charge in [0.25, 0.3) is 5.91 Å². The Balaban J connectivity index is 1.49. The first-order chi connectivity index (χ1) is 15.6. The molecule has 4 aliphatic rings. The molecule has 0 saturated heterocycles. The highest BCUT2D eigenvalue weighted by molar-refractivity contribution is 5.95. The molecule has 3 amide bonds. The fourth-order valence-electron chi connectivity index (χ4n) is 6.25. The SMILES string of the molecule is CNC(=O)C(C)(C)/C=C/n1ncc(C(=O)N[C@H]2C3CC4CC2C[C@](OC(N)=O)(C4)C3)c1CF. The summed E-state index contributed by atoms with van der Waals surface area (Å²) in [6, 6.07) is -0.0582. The minimum absolute atomic E-state index is 0.0582. The Morgan fingerprint density at radius 2 is 1.97 bits per heavy atom. The minimum Gasteiger partial charge on any atom is -0.443 e. The molecular formula is C23H32FN5O4. The Morgan fingerprint density at radius 3 is 2.55 bits per heavy atom. The summed E-state index contributed by atoms with van der Waals surface area (Å²) in [5.74, 6) is 0.294. The molecule has 10 heteroatoms. The van der Waals surface area contributed by atoms with Gasteiger partial charge >= 0.3 is 6.09 Å². The Bertz CT molecular complexity index is 971. The van der Waals surface area contributed by atoms with E-state index in [1.807, 2.05) is 0 Å². The normalized spacial score (nSPS) is 30.4. The predicted octanol–water partition coefficient (Wildman–Crippen LogP) is 2.37. The number of nitrogens with two attached hydrogens (primary N) is 1. The lowest BCUT2D eigenvalue weighted by molar-refractivity contribution is -0.137. The molecule has 0 radical (unpaired) electrons. The summed E-state index contributed by atoms with van der Waals surface area (Å²) in [5, 5.41) is 9.85. The van der Waals surface area contributed by atoms with Crippen LogP contribution in [-0.4, -0.2) is 46.4 Å². The second kappa shape index (κ2) is 8.46. The third kappa shape index (κ3) is 4.35. The van der Waals surface area contributed by atoms with Gasteiger partial charge in [0.1, 0.15) is 12.3 Å². The van der Waals surface area contributed by atoms with Crippen molar-refractivity contribution >= 4 is 24.1 Å². The van der Waals surface area contributed by atoms with Crippen LogP contribution in [0, 0.1) is 23.2 Å². The average molecular weight is 462 g/mol. The molecule has 0 aromatic carbocycles. The van der Waals surface area contributed by atoms with Gasteiger partial charge in [0.15, 0.2) is 0 Å². The van der Waals surface area contributed by atoms with Crippen LogP contribution in [0.3, 0.4) is 0 Å². The zero-order valence-electron chi connectivity index (χ0n) is 19.3. The van der Waals surface area contributed by atoms with Crippen molar-refractivity contribution in [3.8, 4) is 0 Å². The average Bonchev–Trinajstić information content (AvgIpc) is 3.16. The van der Waals surface area contributed by atoms with E-state index in [1.54, 1.807) is 27.0 Å². The van der Waals surface area contributed by atoms with Crippen LogP contribution in [0.25, 0.3) is 6.20 Å². The number of rotatable bonds is 7. The first-order valence-corrected chi connectivity index (χ1v) is 11.4. The minimum atomic E-state index is -0.872. The van der Waals surface area contributed by atoms with E-state index in [9.17, 15) is 18.8 Å². The van der Waals surface area contributed by atoms with E-state index in [2.05, 4.69) is 15.7 Å². The molecule has 2 atom stereocenters. The number of nitrogens with one attached hydrogen (secondary N) is 2. The van der Waals surface area contributed by atoms with Crippen molar-refractivity contribution in [2.24, 2.45) is 28.9 Å². The van der Waals surface area contributed by atoms with Crippen LogP contribution in [0.4, 0.5) is 9.18 Å². The first-order valence-electron chi connectivity index (χ1n) is 11.4. The largest absolute Gasteiger partial charge is 0.443 e. The molecule has 5 rings (SSSR count). The lowest BCUT2D eigenvalue weighted by Crippen LogP contribution is -2.63. The highest BCUT2D eigenvalue weighted by atomic mass is 19.1. The van der Waals surface area contributed by atoms with Crippen molar-refractivity contribution in [3.63, 3.8) is 0 Å². The van der Waals surface area contributed by atoms with Gasteiger partial charge in [0.2, 0.25) is 5.91 Å². The summed E-state index contributed by atoms with van der Waals surface area (Å²) in [6.07, 6.45) is 7.88. The van der Waals surface area contributed by atoms with E-state index in [4.69, 9.17) is 10.5 Å². The Morgan fingerprint density at radius 1 is 1.30 bits per heavy atom. The smallest absolute Gasteiger partial charge is 0.405 e. The van der Waals surface area contributed by atoms with E-state index in [1.165, 1.54) is 17.1 Å². The van der Waals surface area contributed by atoms with E-state index in [0.29, 0.717) is 18.8 Å². The highest BCUT2D eigenvalue weighted by Crippen LogP contribution is 2.57. The van der Waals surface area contributed by atoms with Crippen LogP contribution in [0.2, 0.25) is 0 Å². The zero-order chi connectivity index (χ0) is 24.0.